The molecule has 0 bridgehead atoms. The van der Waals surface area contributed by atoms with Crippen LogP contribution < -0.4 is 10.0 Å². The van der Waals surface area contributed by atoms with E-state index in [0.717, 1.165) is 10.4 Å². The van der Waals surface area contributed by atoms with E-state index in [2.05, 4.69) is 23.9 Å². The zero-order chi connectivity index (χ0) is 15.5. The second-order valence-electron chi connectivity index (χ2n) is 5.16. The Morgan fingerprint density at radius 3 is 2.57 bits per heavy atom. The highest BCUT2D eigenvalue weighted by Gasteiger charge is 2.20. The van der Waals surface area contributed by atoms with Crippen molar-refractivity contribution in [2.24, 2.45) is 0 Å². The zero-order valence-corrected chi connectivity index (χ0v) is 14.7. The minimum atomic E-state index is -3.46. The Hall–Kier alpha value is -0.730. The maximum absolute atomic E-state index is 12.4. The van der Waals surface area contributed by atoms with Crippen molar-refractivity contribution in [2.75, 3.05) is 0 Å². The van der Waals surface area contributed by atoms with Crippen molar-refractivity contribution in [1.82, 2.24) is 10.0 Å². The molecule has 0 radical (unpaired) electrons. The highest BCUT2D eigenvalue weighted by molar-refractivity contribution is 7.91. The van der Waals surface area contributed by atoms with Crippen molar-refractivity contribution in [1.29, 1.82) is 0 Å². The normalized spacial score (nSPS) is 13.7. The molecule has 116 valence electrons. The van der Waals surface area contributed by atoms with Gasteiger partial charge in [0.2, 0.25) is 0 Å². The van der Waals surface area contributed by atoms with Gasteiger partial charge in [-0.3, -0.25) is 0 Å². The van der Waals surface area contributed by atoms with Crippen molar-refractivity contribution in [2.45, 2.75) is 43.6 Å². The lowest BCUT2D eigenvalue weighted by molar-refractivity contribution is 0.569. The molecule has 0 fully saturated rings. The Labute approximate surface area is 134 Å². The number of hydrogen-bond donors (Lipinski definition) is 2. The quantitative estimate of drug-likeness (QED) is 0.810. The number of thiophene rings is 2. The number of sulfonamides is 1. The number of rotatable bonds is 7. The fraction of sp³-hybridized carbons (Fsp3) is 0.429. The van der Waals surface area contributed by atoms with Crippen LogP contribution in [-0.4, -0.2) is 14.5 Å². The molecular formula is C14H20N2O2S3. The van der Waals surface area contributed by atoms with Crippen LogP contribution in [-0.2, 0) is 16.6 Å². The first kappa shape index (κ1) is 16.6. The van der Waals surface area contributed by atoms with E-state index < -0.39 is 10.0 Å². The molecule has 2 rings (SSSR count). The monoisotopic (exact) mass is 344 g/mol. The van der Waals surface area contributed by atoms with Crippen molar-refractivity contribution < 1.29 is 8.42 Å². The van der Waals surface area contributed by atoms with Gasteiger partial charge in [-0.05, 0) is 41.4 Å². The van der Waals surface area contributed by atoms with Gasteiger partial charge < -0.3 is 5.32 Å². The third-order valence-electron chi connectivity index (χ3n) is 2.96. The molecule has 1 unspecified atom stereocenters. The zero-order valence-electron chi connectivity index (χ0n) is 12.3. The molecule has 7 heteroatoms. The summed E-state index contributed by atoms with van der Waals surface area (Å²) in [7, 11) is -3.46. The molecule has 0 spiro atoms. The molecule has 0 aliphatic rings. The predicted octanol–water partition coefficient (Wildman–Crippen LogP) is 3.35. The molecule has 0 amide bonds. The third kappa shape index (κ3) is 4.62. The molecule has 2 aromatic rings. The highest BCUT2D eigenvalue weighted by atomic mass is 32.2. The molecule has 2 N–H and O–H groups in total. The first-order chi connectivity index (χ1) is 9.88. The van der Waals surface area contributed by atoms with E-state index in [9.17, 15) is 8.42 Å². The van der Waals surface area contributed by atoms with Crippen LogP contribution in [0.4, 0.5) is 0 Å². The summed E-state index contributed by atoms with van der Waals surface area (Å²) in [4.78, 5) is 1.02. The molecule has 2 heterocycles. The number of hydrogen-bond acceptors (Lipinski definition) is 5. The van der Waals surface area contributed by atoms with E-state index in [-0.39, 0.29) is 6.04 Å². The van der Waals surface area contributed by atoms with E-state index in [1.165, 1.54) is 11.3 Å². The molecule has 2 aromatic heterocycles. The summed E-state index contributed by atoms with van der Waals surface area (Å²) in [6.45, 7) is 6.68. The van der Waals surface area contributed by atoms with Crippen LogP contribution in [0.2, 0.25) is 0 Å². The first-order valence-corrected chi connectivity index (χ1v) is 9.99. The summed E-state index contributed by atoms with van der Waals surface area (Å²) in [5.41, 5.74) is 0.988. The summed E-state index contributed by atoms with van der Waals surface area (Å²) in [5, 5.41) is 7.19. The van der Waals surface area contributed by atoms with E-state index in [0.29, 0.717) is 16.8 Å². The lowest BCUT2D eigenvalue weighted by atomic mass is 10.2. The van der Waals surface area contributed by atoms with Crippen LogP contribution in [0, 0.1) is 0 Å². The fourth-order valence-electron chi connectivity index (χ4n) is 1.78. The SMILES string of the molecule is CC(C)NCc1ccc(S(=O)(=O)NC(C)c2ccsc2)s1. The minimum absolute atomic E-state index is 0.222. The maximum Gasteiger partial charge on any atom is 0.250 e. The molecule has 1 atom stereocenters. The van der Waals surface area contributed by atoms with Gasteiger partial charge in [0, 0.05) is 23.5 Å². The fourth-order valence-corrected chi connectivity index (χ4v) is 5.09. The van der Waals surface area contributed by atoms with Gasteiger partial charge >= 0.3 is 0 Å². The molecule has 0 aliphatic carbocycles. The van der Waals surface area contributed by atoms with Crippen LogP contribution in [0.3, 0.4) is 0 Å². The van der Waals surface area contributed by atoms with Gasteiger partial charge in [-0.2, -0.15) is 11.3 Å². The van der Waals surface area contributed by atoms with E-state index >= 15 is 0 Å². The summed E-state index contributed by atoms with van der Waals surface area (Å²) < 4.78 is 27.8. The van der Waals surface area contributed by atoms with Crippen LogP contribution >= 0.6 is 22.7 Å². The average Bonchev–Trinajstić information content (AvgIpc) is 3.07. The molecular weight excluding hydrogens is 324 g/mol. The largest absolute Gasteiger partial charge is 0.310 e. The maximum atomic E-state index is 12.4. The van der Waals surface area contributed by atoms with Crippen LogP contribution in [0.15, 0.2) is 33.2 Å². The van der Waals surface area contributed by atoms with Gasteiger partial charge in [0.1, 0.15) is 4.21 Å². The van der Waals surface area contributed by atoms with Crippen molar-refractivity contribution in [3.05, 3.63) is 39.4 Å². The summed E-state index contributed by atoms with van der Waals surface area (Å²) in [6.07, 6.45) is 0. The van der Waals surface area contributed by atoms with Gasteiger partial charge in [-0.25, -0.2) is 13.1 Å². The second kappa shape index (κ2) is 7.02. The van der Waals surface area contributed by atoms with Gasteiger partial charge in [-0.1, -0.05) is 13.8 Å². The lowest BCUT2D eigenvalue weighted by Crippen LogP contribution is -2.25. The van der Waals surface area contributed by atoms with Gasteiger partial charge in [0.15, 0.2) is 0 Å². The van der Waals surface area contributed by atoms with E-state index in [1.807, 2.05) is 29.8 Å². The topological polar surface area (TPSA) is 58.2 Å². The van der Waals surface area contributed by atoms with Crippen molar-refractivity contribution >= 4 is 32.7 Å². The Bertz CT molecular complexity index is 660. The Morgan fingerprint density at radius 1 is 1.19 bits per heavy atom. The molecule has 0 saturated carbocycles. The molecule has 0 aromatic carbocycles. The van der Waals surface area contributed by atoms with Gasteiger partial charge in [-0.15, -0.1) is 11.3 Å². The molecule has 4 nitrogen and oxygen atoms in total. The molecule has 0 aliphatic heterocycles. The summed E-state index contributed by atoms with van der Waals surface area (Å²) in [6, 6.07) is 5.63. The van der Waals surface area contributed by atoms with Crippen LogP contribution in [0.5, 0.6) is 0 Å². The van der Waals surface area contributed by atoms with Gasteiger partial charge in [0.05, 0.1) is 0 Å². The summed E-state index contributed by atoms with van der Waals surface area (Å²) in [5.74, 6) is 0. The molecule has 21 heavy (non-hydrogen) atoms. The van der Waals surface area contributed by atoms with Crippen LogP contribution in [0.1, 0.15) is 37.3 Å². The molecule has 0 saturated heterocycles. The lowest BCUT2D eigenvalue weighted by Gasteiger charge is -2.11. The van der Waals surface area contributed by atoms with Gasteiger partial charge in [0.25, 0.3) is 10.0 Å². The number of nitrogens with one attached hydrogen (secondary N) is 2. The Morgan fingerprint density at radius 2 is 1.95 bits per heavy atom. The van der Waals surface area contributed by atoms with E-state index in [4.69, 9.17) is 0 Å². The third-order valence-corrected chi connectivity index (χ3v) is 6.78. The van der Waals surface area contributed by atoms with Crippen molar-refractivity contribution in [3.63, 3.8) is 0 Å². The predicted molar refractivity (Wildman–Crippen MR) is 89.4 cm³/mol. The minimum Gasteiger partial charge on any atom is -0.310 e. The second-order valence-corrected chi connectivity index (χ2v) is 9.05. The van der Waals surface area contributed by atoms with Crippen LogP contribution in [0.25, 0.3) is 0 Å². The Balaban J connectivity index is 2.05. The first-order valence-electron chi connectivity index (χ1n) is 6.75. The standard InChI is InChI=1S/C14H20N2O2S3/c1-10(2)15-8-13-4-5-14(20-13)21(17,18)16-11(3)12-6-7-19-9-12/h4-7,9-11,15-16H,8H2,1-3H3. The summed E-state index contributed by atoms with van der Waals surface area (Å²) >= 11 is 2.87. The smallest absolute Gasteiger partial charge is 0.250 e. The Kier molecular flexibility index (Phi) is 5.56. The average molecular weight is 345 g/mol. The highest BCUT2D eigenvalue weighted by Crippen LogP contribution is 2.24. The van der Waals surface area contributed by atoms with Crippen molar-refractivity contribution in [3.8, 4) is 0 Å². The van der Waals surface area contributed by atoms with E-state index in [1.54, 1.807) is 17.4 Å².